The summed E-state index contributed by atoms with van der Waals surface area (Å²) < 4.78 is 6.63. The van der Waals surface area contributed by atoms with Crippen molar-refractivity contribution in [3.05, 3.63) is 52.5 Å². The Balaban J connectivity index is 2.12. The van der Waals surface area contributed by atoms with Crippen LogP contribution in [0.1, 0.15) is 50.4 Å². The molecule has 0 bridgehead atoms. The minimum Gasteiger partial charge on any atom is -0.493 e. The van der Waals surface area contributed by atoms with Crippen LogP contribution < -0.4 is 15.4 Å². The van der Waals surface area contributed by atoms with E-state index < -0.39 is 0 Å². The average molecular weight is 447 g/mol. The number of rotatable bonds is 9. The molecule has 0 aliphatic heterocycles. The third-order valence-electron chi connectivity index (χ3n) is 4.02. The molecule has 0 aliphatic rings. The van der Waals surface area contributed by atoms with Crippen molar-refractivity contribution in [2.24, 2.45) is 5.92 Å². The van der Waals surface area contributed by atoms with Crippen molar-refractivity contribution in [3.63, 3.8) is 0 Å². The summed E-state index contributed by atoms with van der Waals surface area (Å²) in [7, 11) is 0. The summed E-state index contributed by atoms with van der Waals surface area (Å²) in [5.74, 6) is 0.767. The highest BCUT2D eigenvalue weighted by atomic mass is 79.9. The van der Waals surface area contributed by atoms with E-state index in [9.17, 15) is 9.59 Å². The van der Waals surface area contributed by atoms with Crippen LogP contribution in [0.25, 0.3) is 0 Å². The van der Waals surface area contributed by atoms with Gasteiger partial charge < -0.3 is 15.4 Å². The van der Waals surface area contributed by atoms with Gasteiger partial charge in [-0.05, 0) is 55.2 Å². The molecule has 0 heterocycles. The van der Waals surface area contributed by atoms with Crippen molar-refractivity contribution in [2.45, 2.75) is 40.0 Å². The van der Waals surface area contributed by atoms with Crippen molar-refractivity contribution in [2.75, 3.05) is 17.2 Å². The van der Waals surface area contributed by atoms with Crippen LogP contribution in [-0.2, 0) is 4.79 Å². The maximum Gasteiger partial charge on any atom is 0.259 e. The summed E-state index contributed by atoms with van der Waals surface area (Å²) in [5, 5.41) is 5.71. The highest BCUT2D eigenvalue weighted by molar-refractivity contribution is 9.10. The van der Waals surface area contributed by atoms with Crippen LogP contribution in [0, 0.1) is 5.92 Å². The maximum atomic E-state index is 12.8. The molecule has 2 rings (SSSR count). The smallest absolute Gasteiger partial charge is 0.259 e. The van der Waals surface area contributed by atoms with Gasteiger partial charge in [0.25, 0.3) is 5.91 Å². The number of carbonyl (C=O) groups excluding carboxylic acids is 2. The van der Waals surface area contributed by atoms with E-state index in [4.69, 9.17) is 4.74 Å². The minimum atomic E-state index is -0.266. The zero-order valence-corrected chi connectivity index (χ0v) is 18.1. The SMILES string of the molecule is CCCC(=O)Nc1cccc(NC(=O)c2cc(Br)ccc2OCCC(C)C)c1. The Morgan fingerprint density at radius 2 is 1.79 bits per heavy atom. The quantitative estimate of drug-likeness (QED) is 0.506. The Kier molecular flexibility index (Phi) is 8.51. The zero-order valence-electron chi connectivity index (χ0n) is 16.5. The van der Waals surface area contributed by atoms with Crippen molar-refractivity contribution in [1.82, 2.24) is 0 Å². The van der Waals surface area contributed by atoms with Gasteiger partial charge in [-0.25, -0.2) is 0 Å². The van der Waals surface area contributed by atoms with E-state index in [-0.39, 0.29) is 11.8 Å². The standard InChI is InChI=1S/C22H27BrN2O3/c1-4-6-21(26)24-17-7-5-8-18(14-17)25-22(27)19-13-16(23)9-10-20(19)28-12-11-15(2)3/h5,7-10,13-15H,4,6,11-12H2,1-3H3,(H,24,26)(H,25,27). The molecule has 0 aromatic heterocycles. The van der Waals surface area contributed by atoms with E-state index in [0.29, 0.717) is 41.6 Å². The molecule has 0 fully saturated rings. The highest BCUT2D eigenvalue weighted by Gasteiger charge is 2.14. The Bertz CT molecular complexity index is 821. The predicted octanol–water partition coefficient (Wildman–Crippen LogP) is 5.86. The number of ether oxygens (including phenoxy) is 1. The number of amides is 2. The number of anilines is 2. The van der Waals surface area contributed by atoms with Crippen molar-refractivity contribution < 1.29 is 14.3 Å². The second kappa shape index (κ2) is 10.9. The summed E-state index contributed by atoms with van der Waals surface area (Å²) in [6, 6.07) is 12.5. The molecule has 2 aromatic rings. The molecule has 150 valence electrons. The Morgan fingerprint density at radius 1 is 1.07 bits per heavy atom. The van der Waals surface area contributed by atoms with Gasteiger partial charge in [0.2, 0.25) is 5.91 Å². The predicted molar refractivity (Wildman–Crippen MR) is 117 cm³/mol. The first-order chi connectivity index (χ1) is 13.4. The van der Waals surface area contributed by atoms with Crippen molar-refractivity contribution in [1.29, 1.82) is 0 Å². The van der Waals surface area contributed by atoms with Gasteiger partial charge in [-0.2, -0.15) is 0 Å². The van der Waals surface area contributed by atoms with Crippen molar-refractivity contribution >= 4 is 39.1 Å². The van der Waals surface area contributed by atoms with Crippen LogP contribution in [-0.4, -0.2) is 18.4 Å². The van der Waals surface area contributed by atoms with Crippen LogP contribution in [0.15, 0.2) is 46.9 Å². The van der Waals surface area contributed by atoms with Gasteiger partial charge in [0.15, 0.2) is 0 Å². The van der Waals surface area contributed by atoms with Gasteiger partial charge in [0.1, 0.15) is 5.75 Å². The average Bonchev–Trinajstić information content (AvgIpc) is 2.63. The molecule has 0 atom stereocenters. The largest absolute Gasteiger partial charge is 0.493 e. The van der Waals surface area contributed by atoms with Crippen LogP contribution >= 0.6 is 15.9 Å². The van der Waals surface area contributed by atoms with Crippen LogP contribution in [0.3, 0.4) is 0 Å². The molecular formula is C22H27BrN2O3. The van der Waals surface area contributed by atoms with E-state index in [2.05, 4.69) is 40.4 Å². The second-order valence-electron chi connectivity index (χ2n) is 7.00. The van der Waals surface area contributed by atoms with E-state index in [1.807, 2.05) is 13.0 Å². The second-order valence-corrected chi connectivity index (χ2v) is 7.92. The van der Waals surface area contributed by atoms with Crippen LogP contribution in [0.2, 0.25) is 0 Å². The highest BCUT2D eigenvalue weighted by Crippen LogP contribution is 2.25. The monoisotopic (exact) mass is 446 g/mol. The van der Waals surface area contributed by atoms with E-state index in [0.717, 1.165) is 17.3 Å². The normalized spacial score (nSPS) is 10.6. The number of halogens is 1. The molecule has 0 spiro atoms. The Labute approximate surface area is 175 Å². The maximum absolute atomic E-state index is 12.8. The lowest BCUT2D eigenvalue weighted by Crippen LogP contribution is -2.15. The van der Waals surface area contributed by atoms with Gasteiger partial charge in [0.05, 0.1) is 12.2 Å². The lowest BCUT2D eigenvalue weighted by atomic mass is 10.1. The molecule has 0 unspecified atom stereocenters. The summed E-state index contributed by atoms with van der Waals surface area (Å²) in [4.78, 5) is 24.6. The molecule has 5 nitrogen and oxygen atoms in total. The molecular weight excluding hydrogens is 420 g/mol. The first-order valence-electron chi connectivity index (χ1n) is 9.52. The van der Waals surface area contributed by atoms with Gasteiger partial charge in [-0.15, -0.1) is 0 Å². The summed E-state index contributed by atoms with van der Waals surface area (Å²) in [6.45, 7) is 6.77. The number of benzene rings is 2. The number of hydrogen-bond acceptors (Lipinski definition) is 3. The Morgan fingerprint density at radius 3 is 2.46 bits per heavy atom. The van der Waals surface area contributed by atoms with Crippen molar-refractivity contribution in [3.8, 4) is 5.75 Å². The van der Waals surface area contributed by atoms with Crippen LogP contribution in [0.5, 0.6) is 5.75 Å². The van der Waals surface area contributed by atoms with E-state index in [1.54, 1.807) is 36.4 Å². The summed E-state index contributed by atoms with van der Waals surface area (Å²) in [6.07, 6.45) is 2.16. The van der Waals surface area contributed by atoms with E-state index in [1.165, 1.54) is 0 Å². The first-order valence-corrected chi connectivity index (χ1v) is 10.3. The van der Waals surface area contributed by atoms with Gasteiger partial charge in [-0.1, -0.05) is 42.8 Å². The summed E-state index contributed by atoms with van der Waals surface area (Å²) >= 11 is 3.41. The lowest BCUT2D eigenvalue weighted by Gasteiger charge is -2.14. The molecule has 0 aliphatic carbocycles. The molecule has 28 heavy (non-hydrogen) atoms. The van der Waals surface area contributed by atoms with Gasteiger partial charge in [0, 0.05) is 22.3 Å². The molecule has 6 heteroatoms. The fourth-order valence-electron chi connectivity index (χ4n) is 2.53. The van der Waals surface area contributed by atoms with E-state index >= 15 is 0 Å². The third-order valence-corrected chi connectivity index (χ3v) is 4.51. The summed E-state index contributed by atoms with van der Waals surface area (Å²) in [5.41, 5.74) is 1.71. The van der Waals surface area contributed by atoms with Crippen LogP contribution in [0.4, 0.5) is 11.4 Å². The first kappa shape index (κ1) is 22.0. The molecule has 0 radical (unpaired) electrons. The molecule has 0 saturated heterocycles. The number of carbonyl (C=O) groups is 2. The minimum absolute atomic E-state index is 0.0428. The third kappa shape index (κ3) is 7.00. The molecule has 2 N–H and O–H groups in total. The Hall–Kier alpha value is -2.34. The fraction of sp³-hybridized carbons (Fsp3) is 0.364. The number of hydrogen-bond donors (Lipinski definition) is 2. The zero-order chi connectivity index (χ0) is 20.5. The fourth-order valence-corrected chi connectivity index (χ4v) is 2.89. The topological polar surface area (TPSA) is 67.4 Å². The number of nitrogens with one attached hydrogen (secondary N) is 2. The lowest BCUT2D eigenvalue weighted by molar-refractivity contribution is -0.116. The van der Waals surface area contributed by atoms with Gasteiger partial charge >= 0.3 is 0 Å². The molecule has 2 aromatic carbocycles. The molecule has 2 amide bonds. The van der Waals surface area contributed by atoms with Gasteiger partial charge in [-0.3, -0.25) is 9.59 Å². The molecule has 0 saturated carbocycles.